The summed E-state index contributed by atoms with van der Waals surface area (Å²) in [5.41, 5.74) is -0.00556. The van der Waals surface area contributed by atoms with Crippen molar-refractivity contribution in [1.29, 1.82) is 0 Å². The molecule has 23 heavy (non-hydrogen) atoms. The molecule has 128 valence electrons. The zero-order chi connectivity index (χ0) is 17.6. The fourth-order valence-electron chi connectivity index (χ4n) is 1.65. The molecule has 0 atom stereocenters. The number of hydrogen-bond donors (Lipinski definition) is 3. The number of hydrogen-bond acceptors (Lipinski definition) is 3. The number of nitrogens with one attached hydrogen (secondary N) is 2. The Bertz CT molecular complexity index is 566. The normalized spacial score (nSPS) is 11.2. The maximum absolute atomic E-state index is 14.0. The number of aliphatic carboxylic acids is 1. The SMILES string of the molecule is CC(C)(C)Sc1c(F)cc(NC(=O)NCCCC(=O)O)cc1F. The van der Waals surface area contributed by atoms with Crippen LogP contribution in [0, 0.1) is 11.6 Å². The van der Waals surface area contributed by atoms with Crippen LogP contribution in [0.1, 0.15) is 33.6 Å². The summed E-state index contributed by atoms with van der Waals surface area (Å²) in [5.74, 6) is -2.44. The molecule has 8 heteroatoms. The summed E-state index contributed by atoms with van der Waals surface area (Å²) in [6, 6.07) is 1.45. The van der Waals surface area contributed by atoms with Gasteiger partial charge in [-0.15, -0.1) is 11.8 Å². The Morgan fingerprint density at radius 2 is 1.78 bits per heavy atom. The van der Waals surface area contributed by atoms with Crippen LogP contribution in [-0.4, -0.2) is 28.4 Å². The lowest BCUT2D eigenvalue weighted by Crippen LogP contribution is -2.29. The first-order valence-corrected chi connectivity index (χ1v) is 7.85. The van der Waals surface area contributed by atoms with E-state index in [2.05, 4.69) is 10.6 Å². The van der Waals surface area contributed by atoms with Crippen molar-refractivity contribution in [3.05, 3.63) is 23.8 Å². The van der Waals surface area contributed by atoms with Gasteiger partial charge in [0.2, 0.25) is 0 Å². The number of amides is 2. The van der Waals surface area contributed by atoms with Gasteiger partial charge in [-0.2, -0.15) is 0 Å². The maximum atomic E-state index is 14.0. The predicted molar refractivity (Wildman–Crippen MR) is 85.9 cm³/mol. The standard InChI is InChI=1S/C15H20F2N2O3S/c1-15(2,3)23-13-10(16)7-9(8-11(13)17)19-14(22)18-6-4-5-12(20)21/h7-8H,4-6H2,1-3H3,(H,20,21)(H2,18,19,22). The average molecular weight is 346 g/mol. The van der Waals surface area contributed by atoms with Gasteiger partial charge in [0.1, 0.15) is 11.6 Å². The lowest BCUT2D eigenvalue weighted by molar-refractivity contribution is -0.137. The van der Waals surface area contributed by atoms with Gasteiger partial charge in [-0.25, -0.2) is 13.6 Å². The van der Waals surface area contributed by atoms with Gasteiger partial charge in [0, 0.05) is 23.4 Å². The van der Waals surface area contributed by atoms with Crippen molar-refractivity contribution in [3.63, 3.8) is 0 Å². The Labute approximate surface area is 137 Å². The van der Waals surface area contributed by atoms with Crippen LogP contribution in [0.2, 0.25) is 0 Å². The van der Waals surface area contributed by atoms with Crippen LogP contribution in [-0.2, 0) is 4.79 Å². The van der Waals surface area contributed by atoms with Crippen LogP contribution in [0.4, 0.5) is 19.3 Å². The number of benzene rings is 1. The summed E-state index contributed by atoms with van der Waals surface area (Å²) in [4.78, 5) is 21.8. The van der Waals surface area contributed by atoms with Crippen molar-refractivity contribution in [3.8, 4) is 0 Å². The molecule has 3 N–H and O–H groups in total. The summed E-state index contributed by atoms with van der Waals surface area (Å²) in [5, 5.41) is 13.2. The van der Waals surface area contributed by atoms with Crippen LogP contribution >= 0.6 is 11.8 Å². The monoisotopic (exact) mass is 346 g/mol. The van der Waals surface area contributed by atoms with E-state index < -0.39 is 23.6 Å². The number of halogens is 2. The first-order valence-electron chi connectivity index (χ1n) is 7.03. The average Bonchev–Trinajstić information content (AvgIpc) is 2.38. The number of rotatable bonds is 6. The second kappa shape index (κ2) is 8.14. The van der Waals surface area contributed by atoms with Crippen molar-refractivity contribution >= 4 is 29.4 Å². The smallest absolute Gasteiger partial charge is 0.319 e. The summed E-state index contributed by atoms with van der Waals surface area (Å²) in [6.45, 7) is 5.68. The molecule has 0 aliphatic carbocycles. The van der Waals surface area contributed by atoms with Gasteiger partial charge in [0.25, 0.3) is 0 Å². The number of carbonyl (C=O) groups excluding carboxylic acids is 1. The molecular weight excluding hydrogens is 326 g/mol. The summed E-state index contributed by atoms with van der Waals surface area (Å²) < 4.78 is 27.6. The van der Waals surface area contributed by atoms with E-state index in [1.165, 1.54) is 0 Å². The number of carbonyl (C=O) groups is 2. The highest BCUT2D eigenvalue weighted by Crippen LogP contribution is 2.36. The van der Waals surface area contributed by atoms with E-state index in [0.29, 0.717) is 0 Å². The van der Waals surface area contributed by atoms with Crippen LogP contribution in [0.3, 0.4) is 0 Å². The molecule has 0 heterocycles. The Kier molecular flexibility index (Phi) is 6.80. The van der Waals surface area contributed by atoms with Crippen LogP contribution in [0.25, 0.3) is 0 Å². The van der Waals surface area contributed by atoms with E-state index in [1.807, 2.05) is 20.8 Å². The van der Waals surface area contributed by atoms with Crippen molar-refractivity contribution < 1.29 is 23.5 Å². The number of anilines is 1. The number of carboxylic acids is 1. The largest absolute Gasteiger partial charge is 0.481 e. The molecule has 0 unspecified atom stereocenters. The van der Waals surface area contributed by atoms with E-state index in [-0.39, 0.29) is 34.7 Å². The Morgan fingerprint density at radius 1 is 1.22 bits per heavy atom. The van der Waals surface area contributed by atoms with Crippen molar-refractivity contribution in [2.24, 2.45) is 0 Å². The number of thioether (sulfide) groups is 1. The topological polar surface area (TPSA) is 78.4 Å². The van der Waals surface area contributed by atoms with Crippen molar-refractivity contribution in [1.82, 2.24) is 5.32 Å². The third-order valence-electron chi connectivity index (χ3n) is 2.52. The zero-order valence-corrected chi connectivity index (χ0v) is 14.0. The Balaban J connectivity index is 2.64. The third-order valence-corrected chi connectivity index (χ3v) is 3.72. The van der Waals surface area contributed by atoms with Crippen LogP contribution in [0.5, 0.6) is 0 Å². The molecule has 1 rings (SSSR count). The van der Waals surface area contributed by atoms with E-state index in [4.69, 9.17) is 5.11 Å². The minimum absolute atomic E-state index is 0.00556. The molecule has 0 spiro atoms. The highest BCUT2D eigenvalue weighted by Gasteiger charge is 2.20. The fourth-order valence-corrected chi connectivity index (χ4v) is 2.58. The summed E-state index contributed by atoms with van der Waals surface area (Å²) in [7, 11) is 0. The van der Waals surface area contributed by atoms with Gasteiger partial charge in [-0.3, -0.25) is 4.79 Å². The van der Waals surface area contributed by atoms with Crippen LogP contribution in [0.15, 0.2) is 17.0 Å². The molecule has 0 fully saturated rings. The molecule has 1 aromatic rings. The molecule has 0 aliphatic rings. The zero-order valence-electron chi connectivity index (χ0n) is 13.2. The third kappa shape index (κ3) is 7.32. The lowest BCUT2D eigenvalue weighted by Gasteiger charge is -2.19. The highest BCUT2D eigenvalue weighted by atomic mass is 32.2. The lowest BCUT2D eigenvalue weighted by atomic mass is 10.2. The quantitative estimate of drug-likeness (QED) is 0.540. The molecule has 2 amide bonds. The second-order valence-electron chi connectivity index (χ2n) is 5.86. The fraction of sp³-hybridized carbons (Fsp3) is 0.467. The van der Waals surface area contributed by atoms with E-state index >= 15 is 0 Å². The highest BCUT2D eigenvalue weighted by molar-refractivity contribution is 8.00. The summed E-state index contributed by atoms with van der Waals surface area (Å²) in [6.07, 6.45) is 0.203. The van der Waals surface area contributed by atoms with Crippen molar-refractivity contribution in [2.75, 3.05) is 11.9 Å². The van der Waals surface area contributed by atoms with Gasteiger partial charge in [-0.1, -0.05) is 20.8 Å². The van der Waals surface area contributed by atoms with Gasteiger partial charge >= 0.3 is 12.0 Å². The maximum Gasteiger partial charge on any atom is 0.319 e. The van der Waals surface area contributed by atoms with Crippen molar-refractivity contribution in [2.45, 2.75) is 43.3 Å². The van der Waals surface area contributed by atoms with E-state index in [9.17, 15) is 18.4 Å². The van der Waals surface area contributed by atoms with Gasteiger partial charge in [0.05, 0.1) is 4.90 Å². The Hall–Kier alpha value is -1.83. The van der Waals surface area contributed by atoms with E-state index in [0.717, 1.165) is 23.9 Å². The summed E-state index contributed by atoms with van der Waals surface area (Å²) >= 11 is 1.07. The molecule has 0 aliphatic heterocycles. The molecule has 0 saturated carbocycles. The Morgan fingerprint density at radius 3 is 2.26 bits per heavy atom. The first kappa shape index (κ1) is 19.2. The molecule has 0 bridgehead atoms. The molecule has 0 aromatic heterocycles. The molecule has 0 radical (unpaired) electrons. The van der Waals surface area contributed by atoms with Gasteiger partial charge in [0.15, 0.2) is 0 Å². The molecular formula is C15H20F2N2O3S. The molecule has 1 aromatic carbocycles. The molecule has 5 nitrogen and oxygen atoms in total. The second-order valence-corrected chi connectivity index (χ2v) is 7.70. The van der Waals surface area contributed by atoms with Gasteiger partial charge < -0.3 is 15.7 Å². The minimum atomic E-state index is -0.955. The number of carboxylic acid groups (broad SMARTS) is 1. The first-order chi connectivity index (χ1) is 10.6. The van der Waals surface area contributed by atoms with Gasteiger partial charge in [-0.05, 0) is 18.6 Å². The predicted octanol–water partition coefficient (Wildman–Crippen LogP) is 3.84. The van der Waals surface area contributed by atoms with Crippen LogP contribution < -0.4 is 10.6 Å². The minimum Gasteiger partial charge on any atom is -0.481 e. The molecule has 0 saturated heterocycles. The van der Waals surface area contributed by atoms with E-state index in [1.54, 1.807) is 0 Å². The number of urea groups is 1.